The first-order chi connectivity index (χ1) is 17.5. The maximum Gasteiger partial charge on any atom is 0.401 e. The van der Waals surface area contributed by atoms with Crippen molar-refractivity contribution >= 4 is 11.8 Å². The van der Waals surface area contributed by atoms with Gasteiger partial charge in [-0.15, -0.1) is 10.2 Å². The summed E-state index contributed by atoms with van der Waals surface area (Å²) in [6.45, 7) is 0.143. The highest BCUT2D eigenvalue weighted by molar-refractivity contribution is 5.70. The summed E-state index contributed by atoms with van der Waals surface area (Å²) in [4.78, 5) is 8.84. The molecule has 0 saturated heterocycles. The highest BCUT2D eigenvalue weighted by Crippen LogP contribution is 2.54. The van der Waals surface area contributed by atoms with E-state index in [9.17, 15) is 13.2 Å². The molecule has 1 aliphatic heterocycles. The van der Waals surface area contributed by atoms with Crippen LogP contribution in [0.4, 0.5) is 33.7 Å². The predicted molar refractivity (Wildman–Crippen MR) is 122 cm³/mol. The molecule has 37 heavy (non-hydrogen) atoms. The van der Waals surface area contributed by atoms with E-state index in [0.717, 1.165) is 4.57 Å². The van der Waals surface area contributed by atoms with Gasteiger partial charge >= 0.3 is 6.18 Å². The fraction of sp³-hybridized carbons (Fsp3) is 0.435. The quantitative estimate of drug-likeness (QED) is 0.396. The zero-order valence-corrected chi connectivity index (χ0v) is 19.9. The monoisotopic (exact) mass is 519 g/mol. The lowest BCUT2D eigenvalue weighted by molar-refractivity contribution is -0.216. The molecule has 9 nitrogen and oxygen atoms in total. The van der Waals surface area contributed by atoms with Gasteiger partial charge in [0.1, 0.15) is 17.1 Å². The predicted octanol–water partition coefficient (Wildman–Crippen LogP) is 4.62. The van der Waals surface area contributed by atoms with Crippen molar-refractivity contribution in [1.82, 2.24) is 39.1 Å². The van der Waals surface area contributed by atoms with E-state index in [0.29, 0.717) is 29.1 Å². The number of anilines is 2. The molecule has 1 N–H and O–H groups in total. The first-order valence-electron chi connectivity index (χ1n) is 11.7. The molecule has 5 heterocycles. The van der Waals surface area contributed by atoms with Crippen LogP contribution in [0.3, 0.4) is 0 Å². The molecule has 1 aliphatic carbocycles. The SMILES string of the molecule is Cc1cnc(Nc2ccnn2C)nc1-c1cc2n(c1)CC(F)(F)Cn1c-2nnc1C1(C(F)(F)F)CCC1. The number of nitrogens with zero attached hydrogens (tertiary/aromatic N) is 8. The number of rotatable bonds is 4. The number of alkyl halides is 5. The molecule has 2 aliphatic rings. The number of fused-ring (bicyclic) bond motifs is 3. The molecule has 0 radical (unpaired) electrons. The summed E-state index contributed by atoms with van der Waals surface area (Å²) in [5.41, 5.74) is -0.321. The maximum atomic E-state index is 15.1. The molecular formula is C23H22F5N9. The zero-order chi connectivity index (χ0) is 26.2. The second-order valence-corrected chi connectivity index (χ2v) is 9.65. The van der Waals surface area contributed by atoms with Gasteiger partial charge in [0.25, 0.3) is 5.92 Å². The van der Waals surface area contributed by atoms with Gasteiger partial charge < -0.3 is 14.5 Å². The highest BCUT2D eigenvalue weighted by atomic mass is 19.4. The molecule has 6 rings (SSSR count). The van der Waals surface area contributed by atoms with Gasteiger partial charge in [-0.3, -0.25) is 4.68 Å². The van der Waals surface area contributed by atoms with Crippen LogP contribution >= 0.6 is 0 Å². The van der Waals surface area contributed by atoms with E-state index in [1.807, 2.05) is 0 Å². The lowest BCUT2D eigenvalue weighted by atomic mass is 9.67. The Hall–Kier alpha value is -3.84. The second kappa shape index (κ2) is 7.83. The van der Waals surface area contributed by atoms with Gasteiger partial charge in [-0.25, -0.2) is 18.7 Å². The Labute approximate surface area is 207 Å². The third kappa shape index (κ3) is 3.68. The lowest BCUT2D eigenvalue weighted by Gasteiger charge is -2.42. The molecule has 1 fully saturated rings. The molecule has 1 saturated carbocycles. The molecule has 0 atom stereocenters. The van der Waals surface area contributed by atoms with E-state index in [1.54, 1.807) is 43.2 Å². The van der Waals surface area contributed by atoms with E-state index in [4.69, 9.17) is 0 Å². The Morgan fingerprint density at radius 2 is 1.89 bits per heavy atom. The Morgan fingerprint density at radius 1 is 1.11 bits per heavy atom. The van der Waals surface area contributed by atoms with Crippen molar-refractivity contribution in [3.05, 3.63) is 42.1 Å². The van der Waals surface area contributed by atoms with Gasteiger partial charge in [0.05, 0.1) is 30.7 Å². The summed E-state index contributed by atoms with van der Waals surface area (Å²) in [7, 11) is 1.75. The lowest BCUT2D eigenvalue weighted by Crippen LogP contribution is -2.50. The maximum absolute atomic E-state index is 15.1. The summed E-state index contributed by atoms with van der Waals surface area (Å²) >= 11 is 0. The first-order valence-corrected chi connectivity index (χ1v) is 11.7. The third-order valence-electron chi connectivity index (χ3n) is 7.15. The summed E-state index contributed by atoms with van der Waals surface area (Å²) in [6.07, 6.45) is 0.0690. The Bertz CT molecular complexity index is 1490. The van der Waals surface area contributed by atoms with E-state index in [1.165, 1.54) is 10.8 Å². The van der Waals surface area contributed by atoms with Crippen LogP contribution in [0, 0.1) is 6.92 Å². The van der Waals surface area contributed by atoms with E-state index >= 15 is 8.78 Å². The fourth-order valence-corrected chi connectivity index (χ4v) is 5.05. The summed E-state index contributed by atoms with van der Waals surface area (Å²) in [5, 5.41) is 15.0. The van der Waals surface area contributed by atoms with E-state index < -0.39 is 36.4 Å². The molecular weight excluding hydrogens is 497 g/mol. The van der Waals surface area contributed by atoms with Crippen molar-refractivity contribution in [3.8, 4) is 22.8 Å². The molecule has 0 spiro atoms. The van der Waals surface area contributed by atoms with E-state index in [-0.39, 0.29) is 30.3 Å². The second-order valence-electron chi connectivity index (χ2n) is 9.65. The van der Waals surface area contributed by atoms with Crippen molar-refractivity contribution in [1.29, 1.82) is 0 Å². The van der Waals surface area contributed by atoms with Gasteiger partial charge in [-0.2, -0.15) is 18.3 Å². The van der Waals surface area contributed by atoms with Crippen molar-refractivity contribution in [2.45, 2.75) is 56.8 Å². The smallest absolute Gasteiger partial charge is 0.338 e. The van der Waals surface area contributed by atoms with Gasteiger partial charge in [0, 0.05) is 31.1 Å². The van der Waals surface area contributed by atoms with Crippen LogP contribution in [0.15, 0.2) is 30.7 Å². The number of hydrogen-bond acceptors (Lipinski definition) is 6. The topological polar surface area (TPSA) is 91.3 Å². The number of nitrogens with one attached hydrogen (secondary N) is 1. The van der Waals surface area contributed by atoms with Gasteiger partial charge in [-0.05, 0) is 31.4 Å². The van der Waals surface area contributed by atoms with Crippen molar-refractivity contribution in [2.24, 2.45) is 7.05 Å². The van der Waals surface area contributed by atoms with Crippen LogP contribution in [0.5, 0.6) is 0 Å². The fourth-order valence-electron chi connectivity index (χ4n) is 5.05. The van der Waals surface area contributed by atoms with Crippen LogP contribution in [-0.4, -0.2) is 51.2 Å². The number of aryl methyl sites for hydroxylation is 2. The Balaban J connectivity index is 1.45. The minimum absolute atomic E-state index is 0.0195. The van der Waals surface area contributed by atoms with E-state index in [2.05, 4.69) is 30.6 Å². The largest absolute Gasteiger partial charge is 0.401 e. The molecule has 0 aromatic carbocycles. The standard InChI is InChI=1S/C23H22F5N9/c1-13-9-29-20(31-16-4-7-30-35(16)2)32-17(13)14-8-15-18-33-34-19(21(5-3-6-21)23(26,27)28)37(18)12-22(24,25)11-36(15)10-14/h4,7-10H,3,5-6,11-12H2,1-2H3,(H,29,31,32). The Kier molecular flexibility index (Phi) is 4.98. The minimum Gasteiger partial charge on any atom is -0.338 e. The van der Waals surface area contributed by atoms with Gasteiger partial charge in [0.15, 0.2) is 5.82 Å². The average Bonchev–Trinajstić information content (AvgIpc) is 3.46. The van der Waals surface area contributed by atoms with Gasteiger partial charge in [0.2, 0.25) is 5.95 Å². The molecule has 0 amide bonds. The minimum atomic E-state index is -4.61. The Morgan fingerprint density at radius 3 is 2.54 bits per heavy atom. The molecule has 4 aromatic rings. The zero-order valence-electron chi connectivity index (χ0n) is 19.9. The summed E-state index contributed by atoms with van der Waals surface area (Å²) in [6, 6.07) is 3.35. The normalized spacial score (nSPS) is 18.0. The van der Waals surface area contributed by atoms with Crippen LogP contribution in [0.2, 0.25) is 0 Å². The molecule has 0 unspecified atom stereocenters. The van der Waals surface area contributed by atoms with Crippen molar-refractivity contribution in [3.63, 3.8) is 0 Å². The summed E-state index contributed by atoms with van der Waals surface area (Å²) < 4.78 is 76.1. The first kappa shape index (κ1) is 23.6. The van der Waals surface area contributed by atoms with Gasteiger partial charge in [-0.1, -0.05) is 6.42 Å². The van der Waals surface area contributed by atoms with Crippen LogP contribution < -0.4 is 5.32 Å². The average molecular weight is 519 g/mol. The van der Waals surface area contributed by atoms with Crippen molar-refractivity contribution in [2.75, 3.05) is 5.32 Å². The molecule has 14 heteroatoms. The van der Waals surface area contributed by atoms with Crippen LogP contribution in [0.25, 0.3) is 22.8 Å². The number of halogens is 5. The number of aromatic nitrogens is 8. The summed E-state index contributed by atoms with van der Waals surface area (Å²) in [5.74, 6) is -2.86. The molecule has 4 aromatic heterocycles. The van der Waals surface area contributed by atoms with Crippen LogP contribution in [-0.2, 0) is 25.6 Å². The molecule has 194 valence electrons. The van der Waals surface area contributed by atoms with Crippen LogP contribution in [0.1, 0.15) is 30.7 Å². The molecule has 0 bridgehead atoms. The third-order valence-corrected chi connectivity index (χ3v) is 7.15. The highest BCUT2D eigenvalue weighted by Gasteiger charge is 2.62. The number of hydrogen-bond donors (Lipinski definition) is 1. The van der Waals surface area contributed by atoms with Crippen molar-refractivity contribution < 1.29 is 22.0 Å².